The number of fused-ring (bicyclic) bond motifs is 1. The van der Waals surface area contributed by atoms with Crippen LogP contribution in [0.3, 0.4) is 0 Å². The van der Waals surface area contributed by atoms with E-state index in [1.807, 2.05) is 6.07 Å². The van der Waals surface area contributed by atoms with Gasteiger partial charge >= 0.3 is 6.18 Å². The van der Waals surface area contributed by atoms with Crippen molar-refractivity contribution in [2.45, 2.75) is 6.18 Å². The van der Waals surface area contributed by atoms with Gasteiger partial charge in [-0.25, -0.2) is 4.98 Å². The third kappa shape index (κ3) is 3.77. The summed E-state index contributed by atoms with van der Waals surface area (Å²) in [6, 6.07) is 11.5. The average Bonchev–Trinajstić information content (AvgIpc) is 3.04. The van der Waals surface area contributed by atoms with E-state index in [0.717, 1.165) is 29.0 Å². The van der Waals surface area contributed by atoms with E-state index in [1.165, 1.54) is 12.1 Å². The van der Waals surface area contributed by atoms with Crippen molar-refractivity contribution >= 4 is 38.8 Å². The molecule has 0 radical (unpaired) electrons. The summed E-state index contributed by atoms with van der Waals surface area (Å²) >= 11 is 1.12. The topological polar surface area (TPSA) is 80.9 Å². The minimum absolute atomic E-state index is 0.240. The van der Waals surface area contributed by atoms with Crippen molar-refractivity contribution in [2.24, 2.45) is 0 Å². The van der Waals surface area contributed by atoms with E-state index >= 15 is 0 Å². The fourth-order valence-corrected chi connectivity index (χ4v) is 3.76. The molecular formula is C20H13F3N4OS. The Morgan fingerprint density at radius 3 is 2.48 bits per heavy atom. The largest absolute Gasteiger partial charge is 0.416 e. The summed E-state index contributed by atoms with van der Waals surface area (Å²) in [4.78, 5) is 22.0. The van der Waals surface area contributed by atoms with Gasteiger partial charge in [-0.3, -0.25) is 9.78 Å². The Bertz CT molecular complexity index is 1190. The van der Waals surface area contributed by atoms with Crippen molar-refractivity contribution in [1.82, 2.24) is 9.97 Å². The number of hydrogen-bond donors (Lipinski definition) is 2. The lowest BCUT2D eigenvalue weighted by molar-refractivity contribution is -0.137. The maximum absolute atomic E-state index is 12.7. The smallest absolute Gasteiger partial charge is 0.397 e. The molecular weight excluding hydrogens is 401 g/mol. The Kier molecular flexibility index (Phi) is 4.67. The molecule has 5 nitrogen and oxygen atoms in total. The number of pyridine rings is 2. The minimum atomic E-state index is -4.43. The highest BCUT2D eigenvalue weighted by molar-refractivity contribution is 7.21. The number of aromatic nitrogens is 2. The summed E-state index contributed by atoms with van der Waals surface area (Å²) in [5.41, 5.74) is 7.37. The van der Waals surface area contributed by atoms with E-state index in [9.17, 15) is 18.0 Å². The van der Waals surface area contributed by atoms with Gasteiger partial charge in [-0.05, 0) is 48.5 Å². The molecule has 1 amide bonds. The molecule has 3 N–H and O–H groups in total. The van der Waals surface area contributed by atoms with E-state index < -0.39 is 17.6 Å². The second kappa shape index (κ2) is 7.17. The lowest BCUT2D eigenvalue weighted by atomic mass is 10.1. The van der Waals surface area contributed by atoms with E-state index in [0.29, 0.717) is 15.9 Å². The van der Waals surface area contributed by atoms with Crippen LogP contribution >= 0.6 is 11.3 Å². The Labute approximate surface area is 167 Å². The van der Waals surface area contributed by atoms with Crippen LogP contribution in [0.1, 0.15) is 15.2 Å². The van der Waals surface area contributed by atoms with Crippen molar-refractivity contribution < 1.29 is 18.0 Å². The van der Waals surface area contributed by atoms with Crippen LogP contribution in [-0.4, -0.2) is 15.9 Å². The third-order valence-corrected chi connectivity index (χ3v) is 5.34. The molecule has 0 aliphatic heterocycles. The van der Waals surface area contributed by atoms with Crippen LogP contribution in [0, 0.1) is 0 Å². The molecule has 29 heavy (non-hydrogen) atoms. The number of amides is 1. The first-order chi connectivity index (χ1) is 13.8. The lowest BCUT2D eigenvalue weighted by Gasteiger charge is -2.08. The molecule has 0 saturated carbocycles. The van der Waals surface area contributed by atoms with Crippen LogP contribution in [0.25, 0.3) is 21.5 Å². The molecule has 4 aromatic rings. The van der Waals surface area contributed by atoms with Crippen molar-refractivity contribution in [3.8, 4) is 11.3 Å². The molecule has 3 aromatic heterocycles. The molecule has 0 saturated heterocycles. The van der Waals surface area contributed by atoms with E-state index in [4.69, 9.17) is 5.73 Å². The molecule has 0 aliphatic rings. The number of nitrogen functional groups attached to an aromatic ring is 1. The van der Waals surface area contributed by atoms with Gasteiger partial charge in [-0.2, -0.15) is 13.2 Å². The van der Waals surface area contributed by atoms with Crippen LogP contribution in [-0.2, 0) is 6.18 Å². The molecule has 3 heterocycles. The monoisotopic (exact) mass is 414 g/mol. The lowest BCUT2D eigenvalue weighted by Crippen LogP contribution is -2.12. The number of anilines is 2. The minimum Gasteiger partial charge on any atom is -0.397 e. The highest BCUT2D eigenvalue weighted by Gasteiger charge is 2.30. The van der Waals surface area contributed by atoms with E-state index in [2.05, 4.69) is 15.3 Å². The van der Waals surface area contributed by atoms with Gasteiger partial charge < -0.3 is 11.1 Å². The zero-order valence-corrected chi connectivity index (χ0v) is 15.5. The van der Waals surface area contributed by atoms with Gasteiger partial charge in [0.25, 0.3) is 5.91 Å². The van der Waals surface area contributed by atoms with Gasteiger partial charge in [0.2, 0.25) is 0 Å². The molecule has 0 atom stereocenters. The molecule has 0 unspecified atom stereocenters. The standard InChI is InChI=1S/C20H13F3N4OS/c21-20(22,23)12-3-5-13(6-4-12)26-18(28)17-16(24)14-7-8-15(27-19(14)29-17)11-2-1-9-25-10-11/h1-10H,24H2,(H,26,28). The molecule has 0 fully saturated rings. The normalized spacial score (nSPS) is 11.6. The molecule has 9 heteroatoms. The Morgan fingerprint density at radius 1 is 1.07 bits per heavy atom. The van der Waals surface area contributed by atoms with Gasteiger partial charge in [0.1, 0.15) is 9.71 Å². The molecule has 146 valence electrons. The van der Waals surface area contributed by atoms with Crippen LogP contribution in [0.4, 0.5) is 24.5 Å². The highest BCUT2D eigenvalue weighted by atomic mass is 32.1. The Hall–Kier alpha value is -3.46. The van der Waals surface area contributed by atoms with Crippen molar-refractivity contribution in [2.75, 3.05) is 11.1 Å². The van der Waals surface area contributed by atoms with Crippen LogP contribution < -0.4 is 11.1 Å². The quantitative estimate of drug-likeness (QED) is 0.482. The number of nitrogens with zero attached hydrogens (tertiary/aromatic N) is 2. The molecule has 0 bridgehead atoms. The fraction of sp³-hybridized carbons (Fsp3) is 0.0500. The van der Waals surface area contributed by atoms with Crippen molar-refractivity contribution in [3.63, 3.8) is 0 Å². The van der Waals surface area contributed by atoms with Crippen LogP contribution in [0.15, 0.2) is 60.9 Å². The summed E-state index contributed by atoms with van der Waals surface area (Å²) in [5.74, 6) is -0.506. The first kappa shape index (κ1) is 18.9. The number of halogens is 3. The third-order valence-electron chi connectivity index (χ3n) is 4.23. The fourth-order valence-electron chi connectivity index (χ4n) is 2.77. The number of nitrogens with two attached hydrogens (primary N) is 1. The maximum Gasteiger partial charge on any atom is 0.416 e. The van der Waals surface area contributed by atoms with Gasteiger partial charge in [-0.1, -0.05) is 0 Å². The van der Waals surface area contributed by atoms with E-state index in [-0.39, 0.29) is 16.3 Å². The zero-order valence-electron chi connectivity index (χ0n) is 14.7. The van der Waals surface area contributed by atoms with Gasteiger partial charge in [0.05, 0.1) is 16.9 Å². The maximum atomic E-state index is 12.7. The van der Waals surface area contributed by atoms with Gasteiger partial charge in [0, 0.05) is 29.0 Å². The van der Waals surface area contributed by atoms with Crippen LogP contribution in [0.2, 0.25) is 0 Å². The molecule has 0 spiro atoms. The molecule has 0 aliphatic carbocycles. The number of alkyl halides is 3. The predicted octanol–water partition coefficient (Wildman–Crippen LogP) is 5.21. The summed E-state index contributed by atoms with van der Waals surface area (Å²) in [6.45, 7) is 0. The zero-order chi connectivity index (χ0) is 20.6. The first-order valence-corrected chi connectivity index (χ1v) is 9.22. The van der Waals surface area contributed by atoms with Crippen molar-refractivity contribution in [3.05, 3.63) is 71.4 Å². The second-order valence-corrected chi connectivity index (χ2v) is 7.16. The predicted molar refractivity (Wildman–Crippen MR) is 107 cm³/mol. The average molecular weight is 414 g/mol. The summed E-state index contributed by atoms with van der Waals surface area (Å²) in [5, 5.41) is 3.21. The van der Waals surface area contributed by atoms with Crippen molar-refractivity contribution in [1.29, 1.82) is 0 Å². The van der Waals surface area contributed by atoms with Gasteiger partial charge in [-0.15, -0.1) is 11.3 Å². The number of nitrogens with one attached hydrogen (secondary N) is 1. The Balaban J connectivity index is 1.61. The Morgan fingerprint density at radius 2 is 1.83 bits per heavy atom. The summed E-state index contributed by atoms with van der Waals surface area (Å²) in [6.07, 6.45) is -1.09. The number of carbonyl (C=O) groups excluding carboxylic acids is 1. The second-order valence-electron chi connectivity index (χ2n) is 6.17. The summed E-state index contributed by atoms with van der Waals surface area (Å²) in [7, 11) is 0. The first-order valence-electron chi connectivity index (χ1n) is 8.41. The molecule has 4 rings (SSSR count). The van der Waals surface area contributed by atoms with E-state index in [1.54, 1.807) is 30.6 Å². The highest BCUT2D eigenvalue weighted by Crippen LogP contribution is 2.35. The van der Waals surface area contributed by atoms with Crippen LogP contribution in [0.5, 0.6) is 0 Å². The number of carbonyl (C=O) groups is 1. The molecule has 1 aromatic carbocycles. The number of hydrogen-bond acceptors (Lipinski definition) is 5. The summed E-state index contributed by atoms with van der Waals surface area (Å²) < 4.78 is 38.0. The SMILES string of the molecule is Nc1c(C(=O)Nc2ccc(C(F)(F)F)cc2)sc2nc(-c3cccnc3)ccc12. The number of benzene rings is 1. The van der Waals surface area contributed by atoms with Gasteiger partial charge in [0.15, 0.2) is 0 Å². The number of rotatable bonds is 3. The number of thiophene rings is 1.